The highest BCUT2D eigenvalue weighted by Crippen LogP contribution is 2.30. The van der Waals surface area contributed by atoms with Crippen molar-refractivity contribution in [3.8, 4) is 5.75 Å². The molecule has 0 aliphatic carbocycles. The molecule has 0 aliphatic heterocycles. The third kappa shape index (κ3) is 4.83. The van der Waals surface area contributed by atoms with E-state index in [9.17, 15) is 4.79 Å². The summed E-state index contributed by atoms with van der Waals surface area (Å²) in [5.74, 6) is 0.579. The van der Waals surface area contributed by atoms with E-state index in [-0.39, 0.29) is 18.2 Å². The molecule has 0 aliphatic rings. The highest BCUT2D eigenvalue weighted by Gasteiger charge is 2.19. The van der Waals surface area contributed by atoms with E-state index in [1.54, 1.807) is 11.9 Å². The minimum atomic E-state index is -0.335. The second-order valence-corrected chi connectivity index (χ2v) is 6.38. The Labute approximate surface area is 151 Å². The highest BCUT2D eigenvalue weighted by molar-refractivity contribution is 5.70. The molecule has 25 heavy (non-hydrogen) atoms. The van der Waals surface area contributed by atoms with Crippen molar-refractivity contribution in [2.75, 3.05) is 20.6 Å². The Hall–Kier alpha value is -2.33. The largest absolute Gasteiger partial charge is 0.414 e. The SMILES string of the molecule is CCN(C)C(=O)Oc1cccc([C@H](C)N(C)[C@@H](C)c2ccccc2)c1. The zero-order valence-corrected chi connectivity index (χ0v) is 15.8. The van der Waals surface area contributed by atoms with Crippen molar-refractivity contribution in [3.05, 3.63) is 65.7 Å². The van der Waals surface area contributed by atoms with Crippen molar-refractivity contribution in [3.63, 3.8) is 0 Å². The van der Waals surface area contributed by atoms with Crippen LogP contribution in [0.15, 0.2) is 54.6 Å². The molecule has 2 aromatic carbocycles. The molecular formula is C21H28N2O2. The Balaban J connectivity index is 2.12. The molecule has 4 nitrogen and oxygen atoms in total. The lowest BCUT2D eigenvalue weighted by atomic mass is 10.0. The average molecular weight is 340 g/mol. The summed E-state index contributed by atoms with van der Waals surface area (Å²) >= 11 is 0. The maximum Gasteiger partial charge on any atom is 0.414 e. The van der Waals surface area contributed by atoms with Gasteiger partial charge in [-0.25, -0.2) is 4.79 Å². The minimum Gasteiger partial charge on any atom is -0.410 e. The van der Waals surface area contributed by atoms with E-state index in [1.165, 1.54) is 5.56 Å². The fourth-order valence-electron chi connectivity index (χ4n) is 2.68. The molecule has 0 N–H and O–H groups in total. The van der Waals surface area contributed by atoms with Crippen molar-refractivity contribution in [1.82, 2.24) is 9.80 Å². The fraction of sp³-hybridized carbons (Fsp3) is 0.381. The third-order valence-electron chi connectivity index (χ3n) is 4.84. The second-order valence-electron chi connectivity index (χ2n) is 6.38. The van der Waals surface area contributed by atoms with Crippen LogP contribution in [-0.4, -0.2) is 36.5 Å². The van der Waals surface area contributed by atoms with E-state index in [1.807, 2.05) is 31.2 Å². The highest BCUT2D eigenvalue weighted by atomic mass is 16.6. The molecule has 0 heterocycles. The van der Waals surface area contributed by atoms with Gasteiger partial charge in [-0.1, -0.05) is 42.5 Å². The number of rotatable bonds is 6. The average Bonchev–Trinajstić information content (AvgIpc) is 2.66. The van der Waals surface area contributed by atoms with E-state index < -0.39 is 0 Å². The normalized spacial score (nSPS) is 13.4. The summed E-state index contributed by atoms with van der Waals surface area (Å²) in [5, 5.41) is 0. The Morgan fingerprint density at radius 3 is 2.20 bits per heavy atom. The van der Waals surface area contributed by atoms with E-state index in [4.69, 9.17) is 4.74 Å². The van der Waals surface area contributed by atoms with Crippen molar-refractivity contribution < 1.29 is 9.53 Å². The van der Waals surface area contributed by atoms with Crippen LogP contribution in [0.1, 0.15) is 44.0 Å². The van der Waals surface area contributed by atoms with Crippen molar-refractivity contribution in [2.45, 2.75) is 32.9 Å². The zero-order valence-electron chi connectivity index (χ0n) is 15.8. The number of hydrogen-bond acceptors (Lipinski definition) is 3. The molecule has 2 aromatic rings. The van der Waals surface area contributed by atoms with E-state index in [0.29, 0.717) is 12.3 Å². The Bertz CT molecular complexity index is 687. The molecule has 0 fully saturated rings. The summed E-state index contributed by atoms with van der Waals surface area (Å²) in [6.45, 7) is 6.90. The van der Waals surface area contributed by atoms with Gasteiger partial charge in [-0.05, 0) is 51.1 Å². The van der Waals surface area contributed by atoms with Gasteiger partial charge in [0.15, 0.2) is 0 Å². The summed E-state index contributed by atoms with van der Waals surface area (Å²) in [7, 11) is 3.84. The lowest BCUT2D eigenvalue weighted by molar-refractivity contribution is 0.165. The molecule has 0 radical (unpaired) electrons. The van der Waals surface area contributed by atoms with Crippen LogP contribution in [-0.2, 0) is 0 Å². The van der Waals surface area contributed by atoms with Crippen LogP contribution in [0.2, 0.25) is 0 Å². The first-order valence-corrected chi connectivity index (χ1v) is 8.73. The van der Waals surface area contributed by atoms with Gasteiger partial charge >= 0.3 is 6.09 Å². The summed E-state index contributed by atoms with van der Waals surface area (Å²) in [6, 6.07) is 18.7. The Kier molecular flexibility index (Phi) is 6.59. The predicted molar refractivity (Wildman–Crippen MR) is 102 cm³/mol. The fourth-order valence-corrected chi connectivity index (χ4v) is 2.68. The molecule has 0 saturated heterocycles. The Morgan fingerprint density at radius 1 is 0.960 bits per heavy atom. The predicted octanol–water partition coefficient (Wildman–Crippen LogP) is 4.89. The quantitative estimate of drug-likeness (QED) is 0.750. The number of hydrogen-bond donors (Lipinski definition) is 0. The van der Waals surface area contributed by atoms with E-state index in [2.05, 4.69) is 56.1 Å². The molecule has 0 bridgehead atoms. The first-order valence-electron chi connectivity index (χ1n) is 8.73. The zero-order chi connectivity index (χ0) is 18.4. The molecule has 2 atom stereocenters. The van der Waals surface area contributed by atoms with Gasteiger partial charge in [-0.2, -0.15) is 0 Å². The summed E-state index contributed by atoms with van der Waals surface area (Å²) in [6.07, 6.45) is -0.335. The van der Waals surface area contributed by atoms with Crippen LogP contribution in [0.5, 0.6) is 5.75 Å². The van der Waals surface area contributed by atoms with Gasteiger partial charge in [-0.3, -0.25) is 4.90 Å². The lowest BCUT2D eigenvalue weighted by Crippen LogP contribution is -2.29. The summed E-state index contributed by atoms with van der Waals surface area (Å²) < 4.78 is 5.45. The van der Waals surface area contributed by atoms with Crippen molar-refractivity contribution in [1.29, 1.82) is 0 Å². The van der Waals surface area contributed by atoms with Gasteiger partial charge in [0.25, 0.3) is 0 Å². The molecule has 0 aromatic heterocycles. The van der Waals surface area contributed by atoms with Crippen LogP contribution in [0, 0.1) is 0 Å². The standard InChI is InChI=1S/C21H28N2O2/c1-6-22(4)21(24)25-20-14-10-13-19(15-20)17(3)23(5)16(2)18-11-8-7-9-12-18/h7-17H,6H2,1-5H3/t16-,17-/m0/s1. The summed E-state index contributed by atoms with van der Waals surface area (Å²) in [4.78, 5) is 15.8. The number of nitrogens with zero attached hydrogens (tertiary/aromatic N) is 2. The molecule has 134 valence electrons. The van der Waals surface area contributed by atoms with Gasteiger partial charge in [-0.15, -0.1) is 0 Å². The van der Waals surface area contributed by atoms with Gasteiger partial charge in [0.2, 0.25) is 0 Å². The summed E-state index contributed by atoms with van der Waals surface area (Å²) in [5.41, 5.74) is 2.40. The number of ether oxygens (including phenoxy) is 1. The van der Waals surface area contributed by atoms with Crippen molar-refractivity contribution >= 4 is 6.09 Å². The first kappa shape index (κ1) is 19.0. The number of carbonyl (C=O) groups excluding carboxylic acids is 1. The number of benzene rings is 2. The lowest BCUT2D eigenvalue weighted by Gasteiger charge is -2.31. The van der Waals surface area contributed by atoms with E-state index in [0.717, 1.165) is 5.56 Å². The smallest absolute Gasteiger partial charge is 0.410 e. The van der Waals surface area contributed by atoms with Crippen LogP contribution >= 0.6 is 0 Å². The second kappa shape index (κ2) is 8.67. The topological polar surface area (TPSA) is 32.8 Å². The molecule has 2 rings (SSSR count). The van der Waals surface area contributed by atoms with Crippen LogP contribution in [0.25, 0.3) is 0 Å². The molecule has 0 saturated carbocycles. The van der Waals surface area contributed by atoms with Gasteiger partial charge < -0.3 is 9.64 Å². The number of carbonyl (C=O) groups is 1. The third-order valence-corrected chi connectivity index (χ3v) is 4.84. The maximum absolute atomic E-state index is 11.9. The monoisotopic (exact) mass is 340 g/mol. The van der Waals surface area contributed by atoms with E-state index >= 15 is 0 Å². The molecule has 0 spiro atoms. The van der Waals surface area contributed by atoms with Gasteiger partial charge in [0.05, 0.1) is 0 Å². The van der Waals surface area contributed by atoms with Gasteiger partial charge in [0.1, 0.15) is 5.75 Å². The first-order chi connectivity index (χ1) is 11.9. The van der Waals surface area contributed by atoms with Crippen LogP contribution < -0.4 is 4.74 Å². The number of amides is 1. The Morgan fingerprint density at radius 2 is 1.56 bits per heavy atom. The maximum atomic E-state index is 11.9. The molecule has 0 unspecified atom stereocenters. The minimum absolute atomic E-state index is 0.192. The van der Waals surface area contributed by atoms with Crippen LogP contribution in [0.4, 0.5) is 4.79 Å². The van der Waals surface area contributed by atoms with Crippen LogP contribution in [0.3, 0.4) is 0 Å². The molecular weight excluding hydrogens is 312 g/mol. The molecule has 4 heteroatoms. The van der Waals surface area contributed by atoms with Gasteiger partial charge in [0, 0.05) is 25.7 Å². The molecule has 1 amide bonds. The van der Waals surface area contributed by atoms with Crippen molar-refractivity contribution in [2.24, 2.45) is 0 Å².